The van der Waals surface area contributed by atoms with Gasteiger partial charge in [0.15, 0.2) is 0 Å². The van der Waals surface area contributed by atoms with Gasteiger partial charge in [-0.05, 0) is 12.8 Å². The molecule has 0 atom stereocenters. The van der Waals surface area contributed by atoms with Crippen LogP contribution in [0.3, 0.4) is 0 Å². The van der Waals surface area contributed by atoms with Crippen LogP contribution in [0, 0.1) is 5.41 Å². The summed E-state index contributed by atoms with van der Waals surface area (Å²) in [6.45, 7) is 0.0529. The lowest BCUT2D eigenvalue weighted by molar-refractivity contribution is -0.0189. The monoisotopic (exact) mass is 284 g/mol. The van der Waals surface area contributed by atoms with E-state index in [2.05, 4.69) is 15.9 Å². The van der Waals surface area contributed by atoms with Crippen molar-refractivity contribution in [2.75, 3.05) is 18.5 Å². The maximum absolute atomic E-state index is 12.0. The number of halogens is 3. The lowest BCUT2D eigenvalue weighted by Gasteiger charge is -2.30. The lowest BCUT2D eigenvalue weighted by Crippen LogP contribution is -2.29. The summed E-state index contributed by atoms with van der Waals surface area (Å²) in [4.78, 5) is 0. The van der Waals surface area contributed by atoms with Crippen molar-refractivity contribution in [1.29, 1.82) is 0 Å². The molecule has 0 aromatic rings. The zero-order chi connectivity index (χ0) is 11.1. The summed E-state index contributed by atoms with van der Waals surface area (Å²) in [7, 11) is 0. The van der Waals surface area contributed by atoms with Crippen LogP contribution in [0.2, 0.25) is 0 Å². The fourth-order valence-electron chi connectivity index (χ4n) is 2.16. The van der Waals surface area contributed by atoms with Gasteiger partial charge in [-0.15, -0.1) is 0 Å². The van der Waals surface area contributed by atoms with Gasteiger partial charge in [0.1, 0.15) is 6.61 Å². The van der Waals surface area contributed by atoms with Crippen molar-refractivity contribution in [2.45, 2.75) is 45.0 Å². The number of ether oxygens (including phenoxy) is 1. The largest absolute Gasteiger partial charge is 0.375 e. The Morgan fingerprint density at radius 3 is 2.20 bits per heavy atom. The normalized spacial score (nSPS) is 21.6. The Morgan fingerprint density at radius 2 is 1.73 bits per heavy atom. The second-order valence-corrected chi connectivity index (χ2v) is 5.01. The van der Waals surface area contributed by atoms with Gasteiger partial charge in [-0.3, -0.25) is 0 Å². The van der Waals surface area contributed by atoms with E-state index >= 15 is 0 Å². The Balaban J connectivity index is 2.36. The summed E-state index contributed by atoms with van der Waals surface area (Å²) in [6.07, 6.45) is 4.78. The van der Waals surface area contributed by atoms with Crippen molar-refractivity contribution in [3.8, 4) is 0 Å². The number of rotatable bonds is 5. The predicted molar refractivity (Wildman–Crippen MR) is 60.8 cm³/mol. The third-order valence-electron chi connectivity index (χ3n) is 3.10. The van der Waals surface area contributed by atoms with Gasteiger partial charge >= 0.3 is 0 Å². The van der Waals surface area contributed by atoms with Gasteiger partial charge in [0.25, 0.3) is 6.43 Å². The minimum absolute atomic E-state index is 0.103. The van der Waals surface area contributed by atoms with E-state index in [-0.39, 0.29) is 5.41 Å². The van der Waals surface area contributed by atoms with Crippen LogP contribution in [0.1, 0.15) is 38.5 Å². The van der Waals surface area contributed by atoms with E-state index in [1.807, 2.05) is 0 Å². The van der Waals surface area contributed by atoms with Crippen LogP contribution in [0.25, 0.3) is 0 Å². The zero-order valence-corrected chi connectivity index (χ0v) is 10.6. The molecule has 0 saturated heterocycles. The molecular weight excluding hydrogens is 266 g/mol. The zero-order valence-electron chi connectivity index (χ0n) is 8.98. The molecule has 0 bridgehead atoms. The molecule has 1 saturated carbocycles. The summed E-state index contributed by atoms with van der Waals surface area (Å²) in [6, 6.07) is 0. The van der Waals surface area contributed by atoms with Gasteiger partial charge in [0.05, 0.1) is 6.61 Å². The van der Waals surface area contributed by atoms with E-state index in [0.29, 0.717) is 6.61 Å². The second-order valence-electron chi connectivity index (χ2n) is 4.45. The SMILES string of the molecule is FC(F)COCC1(CBr)CCCCCC1. The van der Waals surface area contributed by atoms with Crippen LogP contribution in [-0.4, -0.2) is 25.0 Å². The standard InChI is InChI=1S/C11H19BrF2O/c12-8-11(9-15-7-10(13)14)5-3-1-2-4-6-11/h10H,1-9H2. The molecule has 0 heterocycles. The third-order valence-corrected chi connectivity index (χ3v) is 4.29. The highest BCUT2D eigenvalue weighted by Crippen LogP contribution is 2.36. The molecule has 15 heavy (non-hydrogen) atoms. The first-order valence-corrected chi connectivity index (χ1v) is 6.72. The number of hydrogen-bond donors (Lipinski definition) is 0. The molecule has 1 nitrogen and oxygen atoms in total. The molecule has 0 unspecified atom stereocenters. The molecule has 1 fully saturated rings. The van der Waals surface area contributed by atoms with Crippen LogP contribution in [0.4, 0.5) is 8.78 Å². The molecule has 1 aliphatic carbocycles. The molecule has 1 aliphatic rings. The quantitative estimate of drug-likeness (QED) is 0.548. The molecule has 4 heteroatoms. The first-order chi connectivity index (χ1) is 7.18. The van der Waals surface area contributed by atoms with Crippen molar-refractivity contribution in [3.05, 3.63) is 0 Å². The van der Waals surface area contributed by atoms with Crippen molar-refractivity contribution in [2.24, 2.45) is 5.41 Å². The van der Waals surface area contributed by atoms with Gasteiger partial charge in [0, 0.05) is 10.7 Å². The molecule has 0 aromatic carbocycles. The molecule has 0 N–H and O–H groups in total. The van der Waals surface area contributed by atoms with Gasteiger partial charge < -0.3 is 4.74 Å². The van der Waals surface area contributed by atoms with Gasteiger partial charge in [0.2, 0.25) is 0 Å². The maximum atomic E-state index is 12.0. The first-order valence-electron chi connectivity index (χ1n) is 5.60. The topological polar surface area (TPSA) is 9.23 Å². The summed E-state index contributed by atoms with van der Waals surface area (Å²) < 4.78 is 29.0. The maximum Gasteiger partial charge on any atom is 0.261 e. The highest BCUT2D eigenvalue weighted by Gasteiger charge is 2.30. The van der Waals surface area contributed by atoms with Crippen molar-refractivity contribution in [1.82, 2.24) is 0 Å². The van der Waals surface area contributed by atoms with E-state index in [1.54, 1.807) is 0 Å². The van der Waals surface area contributed by atoms with E-state index < -0.39 is 13.0 Å². The molecule has 1 rings (SSSR count). The summed E-state index contributed by atoms with van der Waals surface area (Å²) in [5, 5.41) is 0.864. The molecule has 0 amide bonds. The van der Waals surface area contributed by atoms with E-state index in [1.165, 1.54) is 25.7 Å². The smallest absolute Gasteiger partial charge is 0.261 e. The van der Waals surface area contributed by atoms with Crippen LogP contribution in [0.15, 0.2) is 0 Å². The second kappa shape index (κ2) is 6.79. The van der Waals surface area contributed by atoms with Gasteiger partial charge in [-0.25, -0.2) is 8.78 Å². The van der Waals surface area contributed by atoms with Crippen molar-refractivity contribution < 1.29 is 13.5 Å². The highest BCUT2D eigenvalue weighted by molar-refractivity contribution is 9.09. The average Bonchev–Trinajstić information content (AvgIpc) is 2.44. The van der Waals surface area contributed by atoms with Crippen LogP contribution in [0.5, 0.6) is 0 Å². The highest BCUT2D eigenvalue weighted by atomic mass is 79.9. The molecule has 0 aliphatic heterocycles. The lowest BCUT2D eigenvalue weighted by atomic mass is 9.83. The van der Waals surface area contributed by atoms with E-state index in [0.717, 1.165) is 18.2 Å². The van der Waals surface area contributed by atoms with Crippen LogP contribution in [-0.2, 0) is 4.74 Å². The Morgan fingerprint density at radius 1 is 1.13 bits per heavy atom. The molecular formula is C11H19BrF2O. The average molecular weight is 285 g/mol. The van der Waals surface area contributed by atoms with Gasteiger partial charge in [-0.2, -0.15) is 0 Å². The third kappa shape index (κ3) is 4.77. The fourth-order valence-corrected chi connectivity index (χ4v) is 2.88. The molecule has 0 spiro atoms. The minimum atomic E-state index is -2.34. The molecule has 0 radical (unpaired) electrons. The van der Waals surface area contributed by atoms with Crippen molar-refractivity contribution >= 4 is 15.9 Å². The summed E-state index contributed by atoms with van der Waals surface area (Å²) >= 11 is 3.50. The first kappa shape index (κ1) is 13.4. The molecule has 90 valence electrons. The Bertz CT molecular complexity index is 168. The minimum Gasteiger partial charge on any atom is -0.375 e. The number of alkyl halides is 3. The van der Waals surface area contributed by atoms with Crippen LogP contribution < -0.4 is 0 Å². The predicted octanol–water partition coefficient (Wildman–Crippen LogP) is 4.00. The number of hydrogen-bond acceptors (Lipinski definition) is 1. The summed E-state index contributed by atoms with van der Waals surface area (Å²) in [5.74, 6) is 0. The Kier molecular flexibility index (Phi) is 6.05. The fraction of sp³-hybridized carbons (Fsp3) is 1.00. The molecule has 0 aromatic heterocycles. The Hall–Kier alpha value is 0.300. The van der Waals surface area contributed by atoms with E-state index in [9.17, 15) is 8.78 Å². The van der Waals surface area contributed by atoms with Crippen LogP contribution >= 0.6 is 15.9 Å². The van der Waals surface area contributed by atoms with E-state index in [4.69, 9.17) is 4.74 Å². The van der Waals surface area contributed by atoms with Gasteiger partial charge in [-0.1, -0.05) is 41.6 Å². The van der Waals surface area contributed by atoms with Crippen molar-refractivity contribution in [3.63, 3.8) is 0 Å². The summed E-state index contributed by atoms with van der Waals surface area (Å²) in [5.41, 5.74) is 0.103. The Labute approximate surface area is 98.7 Å².